The summed E-state index contributed by atoms with van der Waals surface area (Å²) < 4.78 is 29.8. The average Bonchev–Trinajstić information content (AvgIpc) is 2.35. The third-order valence-electron chi connectivity index (χ3n) is 1.99. The lowest BCUT2D eigenvalue weighted by Gasteiger charge is -2.09. The second-order valence-corrected chi connectivity index (χ2v) is 3.53. The van der Waals surface area contributed by atoms with Crippen molar-refractivity contribution in [3.8, 4) is 6.07 Å². The Morgan fingerprint density at radius 1 is 1.71 bits per heavy atom. The summed E-state index contributed by atoms with van der Waals surface area (Å²) >= 11 is 3.09. The van der Waals surface area contributed by atoms with Crippen LogP contribution in [0.5, 0.6) is 0 Å². The van der Waals surface area contributed by atoms with E-state index in [2.05, 4.69) is 25.7 Å². The van der Waals surface area contributed by atoms with Crippen LogP contribution in [0.3, 0.4) is 0 Å². The molecule has 1 aromatic rings. The molecule has 0 aliphatic carbocycles. The van der Waals surface area contributed by atoms with E-state index >= 15 is 0 Å². The average molecular weight is 305 g/mol. The Bertz CT molecular complexity index is 486. The maximum atomic E-state index is 12.7. The van der Waals surface area contributed by atoms with Crippen molar-refractivity contribution in [3.05, 3.63) is 28.6 Å². The van der Waals surface area contributed by atoms with E-state index in [4.69, 9.17) is 5.26 Å². The third-order valence-corrected chi connectivity index (χ3v) is 2.60. The van der Waals surface area contributed by atoms with Crippen molar-refractivity contribution < 1.29 is 18.3 Å². The first kappa shape index (κ1) is 13.5. The number of pyridine rings is 1. The molecular weight excluding hydrogens is 298 g/mol. The molecule has 17 heavy (non-hydrogen) atoms. The summed E-state index contributed by atoms with van der Waals surface area (Å²) in [5.41, 5.74) is -0.837. The van der Waals surface area contributed by atoms with Gasteiger partial charge < -0.3 is 4.74 Å². The van der Waals surface area contributed by atoms with Gasteiger partial charge in [-0.25, -0.2) is 18.6 Å². The fourth-order valence-electron chi connectivity index (χ4n) is 1.21. The van der Waals surface area contributed by atoms with Gasteiger partial charge in [0.25, 0.3) is 6.43 Å². The van der Waals surface area contributed by atoms with Crippen LogP contribution in [0.25, 0.3) is 0 Å². The zero-order valence-corrected chi connectivity index (χ0v) is 10.3. The lowest BCUT2D eigenvalue weighted by molar-refractivity contribution is 0.0587. The highest BCUT2D eigenvalue weighted by Gasteiger charge is 2.23. The van der Waals surface area contributed by atoms with Crippen LogP contribution in [0.1, 0.15) is 33.7 Å². The van der Waals surface area contributed by atoms with E-state index in [1.165, 1.54) is 6.07 Å². The number of nitrogens with zero attached hydrogens (tertiary/aromatic N) is 2. The molecule has 0 saturated heterocycles. The number of hydrogen-bond acceptors (Lipinski definition) is 4. The molecule has 0 N–H and O–H groups in total. The minimum Gasteiger partial charge on any atom is -0.465 e. The number of aromatic nitrogens is 1. The maximum absolute atomic E-state index is 12.7. The lowest BCUT2D eigenvalue weighted by atomic mass is 10.1. The van der Waals surface area contributed by atoms with Gasteiger partial charge in [-0.2, -0.15) is 5.26 Å². The largest absolute Gasteiger partial charge is 0.465 e. The molecule has 4 nitrogen and oxygen atoms in total. The number of rotatable bonds is 3. The number of halogens is 3. The van der Waals surface area contributed by atoms with Crippen molar-refractivity contribution >= 4 is 21.9 Å². The highest BCUT2D eigenvalue weighted by Crippen LogP contribution is 2.24. The highest BCUT2D eigenvalue weighted by molar-refractivity contribution is 9.08. The number of carbonyl (C=O) groups is 1. The summed E-state index contributed by atoms with van der Waals surface area (Å²) in [5.74, 6) is -0.903. The van der Waals surface area contributed by atoms with Gasteiger partial charge in [0.2, 0.25) is 0 Å². The van der Waals surface area contributed by atoms with E-state index in [1.807, 2.05) is 0 Å². The molecule has 1 aromatic heterocycles. The summed E-state index contributed by atoms with van der Waals surface area (Å²) in [7, 11) is 1.09. The third kappa shape index (κ3) is 2.77. The predicted octanol–water partition coefficient (Wildman–Crippen LogP) is 2.57. The van der Waals surface area contributed by atoms with E-state index < -0.39 is 18.1 Å². The Kier molecular flexibility index (Phi) is 4.52. The SMILES string of the molecule is COC(=O)c1cc(CBr)c(C#N)nc1C(F)F. The number of esters is 1. The van der Waals surface area contributed by atoms with E-state index in [0.717, 1.165) is 7.11 Å². The maximum Gasteiger partial charge on any atom is 0.339 e. The second-order valence-electron chi connectivity index (χ2n) is 2.97. The molecule has 0 amide bonds. The van der Waals surface area contributed by atoms with Gasteiger partial charge in [0.1, 0.15) is 17.5 Å². The molecule has 0 saturated carbocycles. The fourth-order valence-corrected chi connectivity index (χ4v) is 1.63. The van der Waals surface area contributed by atoms with Gasteiger partial charge >= 0.3 is 5.97 Å². The van der Waals surface area contributed by atoms with Crippen LogP contribution in [-0.4, -0.2) is 18.1 Å². The van der Waals surface area contributed by atoms with Gasteiger partial charge in [-0.1, -0.05) is 15.9 Å². The summed E-state index contributed by atoms with van der Waals surface area (Å²) in [5, 5.41) is 8.98. The van der Waals surface area contributed by atoms with Gasteiger partial charge in [0, 0.05) is 10.9 Å². The molecular formula is C10H7BrF2N2O2. The van der Waals surface area contributed by atoms with Gasteiger partial charge in [-0.3, -0.25) is 0 Å². The van der Waals surface area contributed by atoms with Crippen molar-refractivity contribution in [2.24, 2.45) is 0 Å². The van der Waals surface area contributed by atoms with Crippen molar-refractivity contribution in [2.45, 2.75) is 11.8 Å². The van der Waals surface area contributed by atoms with Gasteiger partial charge in [0.15, 0.2) is 0 Å². The van der Waals surface area contributed by atoms with Crippen LogP contribution >= 0.6 is 15.9 Å². The van der Waals surface area contributed by atoms with E-state index in [0.29, 0.717) is 5.56 Å². The van der Waals surface area contributed by atoms with Gasteiger partial charge in [-0.05, 0) is 6.07 Å². The first-order valence-electron chi connectivity index (χ1n) is 4.41. The normalized spacial score (nSPS) is 10.1. The molecule has 1 rings (SSSR count). The molecule has 0 aromatic carbocycles. The highest BCUT2D eigenvalue weighted by atomic mass is 79.9. The zero-order valence-electron chi connectivity index (χ0n) is 8.71. The molecule has 0 radical (unpaired) electrons. The molecule has 0 spiro atoms. The lowest BCUT2D eigenvalue weighted by Crippen LogP contribution is -2.11. The summed E-state index contributed by atoms with van der Waals surface area (Å²) in [6, 6.07) is 2.89. The minimum atomic E-state index is -2.94. The number of nitriles is 1. The molecule has 90 valence electrons. The first-order chi connectivity index (χ1) is 8.04. The van der Waals surface area contributed by atoms with E-state index in [9.17, 15) is 13.6 Å². The summed E-state index contributed by atoms with van der Waals surface area (Å²) in [6.07, 6.45) is -2.94. The van der Waals surface area contributed by atoms with Crippen molar-refractivity contribution in [3.63, 3.8) is 0 Å². The fraction of sp³-hybridized carbons (Fsp3) is 0.300. The van der Waals surface area contributed by atoms with Crippen molar-refractivity contribution in [1.82, 2.24) is 4.98 Å². The van der Waals surface area contributed by atoms with E-state index in [1.54, 1.807) is 6.07 Å². The molecule has 7 heteroatoms. The Morgan fingerprint density at radius 2 is 2.35 bits per heavy atom. The molecule has 1 heterocycles. The molecule has 0 bridgehead atoms. The second kappa shape index (κ2) is 5.68. The number of alkyl halides is 3. The van der Waals surface area contributed by atoms with Crippen molar-refractivity contribution in [1.29, 1.82) is 5.26 Å². The topological polar surface area (TPSA) is 63.0 Å². The van der Waals surface area contributed by atoms with E-state index in [-0.39, 0.29) is 16.6 Å². The minimum absolute atomic E-state index is 0.134. The molecule has 0 fully saturated rings. The Morgan fingerprint density at radius 3 is 2.76 bits per heavy atom. The van der Waals surface area contributed by atoms with Crippen LogP contribution in [0.15, 0.2) is 6.07 Å². The molecule has 0 unspecified atom stereocenters. The number of methoxy groups -OCH3 is 1. The van der Waals surface area contributed by atoms with Crippen LogP contribution in [0, 0.1) is 11.3 Å². The monoisotopic (exact) mass is 304 g/mol. The van der Waals surface area contributed by atoms with Crippen LogP contribution in [0.4, 0.5) is 8.78 Å². The number of ether oxygens (including phenoxy) is 1. The Balaban J connectivity index is 3.47. The molecule has 0 atom stereocenters. The quantitative estimate of drug-likeness (QED) is 0.636. The molecule has 0 aliphatic heterocycles. The van der Waals surface area contributed by atoms with Crippen molar-refractivity contribution in [2.75, 3.05) is 7.11 Å². The number of carbonyl (C=O) groups excluding carboxylic acids is 1. The standard InChI is InChI=1S/C10H7BrF2N2O2/c1-17-10(16)6-2-5(3-11)7(4-14)15-8(6)9(12)13/h2,9H,3H2,1H3. The van der Waals surface area contributed by atoms with Gasteiger partial charge in [-0.15, -0.1) is 0 Å². The zero-order chi connectivity index (χ0) is 13.0. The Hall–Kier alpha value is -1.55. The summed E-state index contributed by atoms with van der Waals surface area (Å²) in [6.45, 7) is 0. The molecule has 0 aliphatic rings. The van der Waals surface area contributed by atoms with Crippen LogP contribution in [-0.2, 0) is 10.1 Å². The summed E-state index contributed by atoms with van der Waals surface area (Å²) in [4.78, 5) is 14.8. The van der Waals surface area contributed by atoms with Crippen LogP contribution < -0.4 is 0 Å². The first-order valence-corrected chi connectivity index (χ1v) is 5.53. The predicted molar refractivity (Wildman–Crippen MR) is 57.9 cm³/mol. The van der Waals surface area contributed by atoms with Crippen LogP contribution in [0.2, 0.25) is 0 Å². The smallest absolute Gasteiger partial charge is 0.339 e. The van der Waals surface area contributed by atoms with Gasteiger partial charge in [0.05, 0.1) is 12.7 Å². The Labute approximate surface area is 104 Å². The number of hydrogen-bond donors (Lipinski definition) is 0.